The van der Waals surface area contributed by atoms with Crippen LogP contribution in [0.15, 0.2) is 42.5 Å². The van der Waals surface area contributed by atoms with E-state index in [9.17, 15) is 4.79 Å². The van der Waals surface area contributed by atoms with Crippen molar-refractivity contribution in [2.24, 2.45) is 0 Å². The normalized spacial score (nSPS) is 14.2. The second kappa shape index (κ2) is 8.72. The number of morpholine rings is 1. The van der Waals surface area contributed by atoms with Crippen molar-refractivity contribution in [3.8, 4) is 0 Å². The molecule has 1 aliphatic rings. The Bertz CT molecular complexity index is 734. The summed E-state index contributed by atoms with van der Waals surface area (Å²) in [4.78, 5) is 14.6. The molecule has 0 aromatic heterocycles. The number of hydrogen-bond acceptors (Lipinski definition) is 4. The zero-order chi connectivity index (χ0) is 18.4. The number of nitrogens with zero attached hydrogens (tertiary/aromatic N) is 1. The predicted octanol–water partition coefficient (Wildman–Crippen LogP) is 3.58. The molecule has 2 aromatic carbocycles. The number of hydrogen-bond donors (Lipinski definition) is 2. The summed E-state index contributed by atoms with van der Waals surface area (Å²) in [5.41, 5.74) is 5.40. The van der Waals surface area contributed by atoms with E-state index >= 15 is 0 Å². The second-order valence-electron chi connectivity index (χ2n) is 6.72. The maximum atomic E-state index is 12.2. The maximum Gasteiger partial charge on any atom is 0.226 e. The van der Waals surface area contributed by atoms with E-state index < -0.39 is 0 Å². The molecule has 0 unspecified atom stereocenters. The largest absolute Gasteiger partial charge is 0.383 e. The lowest BCUT2D eigenvalue weighted by Gasteiger charge is -2.30. The van der Waals surface area contributed by atoms with Crippen LogP contribution in [0.1, 0.15) is 17.5 Å². The minimum Gasteiger partial charge on any atom is -0.383 e. The Balaban J connectivity index is 1.54. The summed E-state index contributed by atoms with van der Waals surface area (Å²) in [6.45, 7) is 7.97. The summed E-state index contributed by atoms with van der Waals surface area (Å²) < 4.78 is 5.43. The number of nitrogens with one attached hydrogen (secondary N) is 2. The van der Waals surface area contributed by atoms with Gasteiger partial charge < -0.3 is 20.3 Å². The molecule has 5 nitrogen and oxygen atoms in total. The van der Waals surface area contributed by atoms with E-state index in [0.717, 1.165) is 48.8 Å². The molecule has 26 heavy (non-hydrogen) atoms. The van der Waals surface area contributed by atoms with E-state index in [-0.39, 0.29) is 5.91 Å². The highest BCUT2D eigenvalue weighted by molar-refractivity contribution is 5.91. The van der Waals surface area contributed by atoms with Gasteiger partial charge >= 0.3 is 0 Å². The molecule has 0 bridgehead atoms. The lowest BCUT2D eigenvalue weighted by molar-refractivity contribution is -0.115. The molecule has 1 amide bonds. The molecule has 0 atom stereocenters. The van der Waals surface area contributed by atoms with Crippen LogP contribution in [0.5, 0.6) is 0 Å². The molecule has 2 aromatic rings. The highest BCUT2D eigenvalue weighted by atomic mass is 16.5. The van der Waals surface area contributed by atoms with Gasteiger partial charge in [-0.1, -0.05) is 18.2 Å². The van der Waals surface area contributed by atoms with Crippen LogP contribution in [-0.2, 0) is 9.53 Å². The first-order valence-corrected chi connectivity index (χ1v) is 9.15. The number of carbonyl (C=O) groups is 1. The van der Waals surface area contributed by atoms with Crippen LogP contribution >= 0.6 is 0 Å². The fraction of sp³-hybridized carbons (Fsp3) is 0.381. The highest BCUT2D eigenvalue weighted by Crippen LogP contribution is 2.26. The number of para-hydroxylation sites is 2. The van der Waals surface area contributed by atoms with Gasteiger partial charge in [0.15, 0.2) is 0 Å². The Morgan fingerprint density at radius 1 is 1.08 bits per heavy atom. The SMILES string of the molecule is Cc1cc(C)cc(NC(=O)CCNc2ccccc2N2CCOCC2)c1. The summed E-state index contributed by atoms with van der Waals surface area (Å²) >= 11 is 0. The Morgan fingerprint density at radius 3 is 2.50 bits per heavy atom. The van der Waals surface area contributed by atoms with Crippen LogP contribution in [0.3, 0.4) is 0 Å². The van der Waals surface area contributed by atoms with Crippen molar-refractivity contribution in [3.63, 3.8) is 0 Å². The molecule has 1 aliphatic heterocycles. The predicted molar refractivity (Wildman–Crippen MR) is 107 cm³/mol. The number of ether oxygens (including phenoxy) is 1. The summed E-state index contributed by atoms with van der Waals surface area (Å²) in [6.07, 6.45) is 0.421. The smallest absolute Gasteiger partial charge is 0.226 e. The molecule has 1 saturated heterocycles. The molecular weight excluding hydrogens is 326 g/mol. The minimum absolute atomic E-state index is 0.0198. The lowest BCUT2D eigenvalue weighted by atomic mass is 10.1. The molecule has 0 spiro atoms. The Hall–Kier alpha value is -2.53. The van der Waals surface area contributed by atoms with Crippen molar-refractivity contribution in [2.45, 2.75) is 20.3 Å². The number of amides is 1. The monoisotopic (exact) mass is 353 g/mol. The van der Waals surface area contributed by atoms with E-state index in [1.54, 1.807) is 0 Å². The number of benzene rings is 2. The van der Waals surface area contributed by atoms with Gasteiger partial charge in [-0.15, -0.1) is 0 Å². The third-order valence-corrected chi connectivity index (χ3v) is 4.43. The first-order chi connectivity index (χ1) is 12.6. The molecule has 0 aliphatic carbocycles. The molecule has 2 N–H and O–H groups in total. The highest BCUT2D eigenvalue weighted by Gasteiger charge is 2.14. The van der Waals surface area contributed by atoms with Crippen LogP contribution < -0.4 is 15.5 Å². The fourth-order valence-electron chi connectivity index (χ4n) is 3.28. The number of rotatable bonds is 6. The summed E-state index contributed by atoms with van der Waals surface area (Å²) in [5.74, 6) is 0.0198. The van der Waals surface area contributed by atoms with Gasteiger partial charge in [-0.2, -0.15) is 0 Å². The maximum absolute atomic E-state index is 12.2. The molecule has 0 saturated carbocycles. The average molecular weight is 353 g/mol. The van der Waals surface area contributed by atoms with Crippen LogP contribution in [0.2, 0.25) is 0 Å². The Labute approximate surface area is 155 Å². The molecule has 3 rings (SSSR count). The average Bonchev–Trinajstić information content (AvgIpc) is 2.62. The molecule has 5 heteroatoms. The van der Waals surface area contributed by atoms with Crippen molar-refractivity contribution in [2.75, 3.05) is 48.4 Å². The van der Waals surface area contributed by atoms with Gasteiger partial charge in [-0.05, 0) is 49.2 Å². The van der Waals surface area contributed by atoms with E-state index in [4.69, 9.17) is 4.74 Å². The Morgan fingerprint density at radius 2 is 1.77 bits per heavy atom. The van der Waals surface area contributed by atoms with Gasteiger partial charge in [0, 0.05) is 31.7 Å². The zero-order valence-corrected chi connectivity index (χ0v) is 15.5. The zero-order valence-electron chi connectivity index (χ0n) is 15.5. The summed E-state index contributed by atoms with van der Waals surface area (Å²) in [6, 6.07) is 14.3. The van der Waals surface area contributed by atoms with Crippen molar-refractivity contribution >= 4 is 23.0 Å². The van der Waals surface area contributed by atoms with E-state index in [1.165, 1.54) is 5.69 Å². The molecule has 0 radical (unpaired) electrons. The topological polar surface area (TPSA) is 53.6 Å². The van der Waals surface area contributed by atoms with Crippen LogP contribution in [0.25, 0.3) is 0 Å². The third-order valence-electron chi connectivity index (χ3n) is 4.43. The summed E-state index contributed by atoms with van der Waals surface area (Å²) in [5, 5.41) is 6.39. The van der Waals surface area contributed by atoms with E-state index in [2.05, 4.69) is 33.7 Å². The first-order valence-electron chi connectivity index (χ1n) is 9.15. The van der Waals surface area contributed by atoms with Gasteiger partial charge in [-0.25, -0.2) is 0 Å². The van der Waals surface area contributed by atoms with Crippen molar-refractivity contribution in [1.29, 1.82) is 0 Å². The van der Waals surface area contributed by atoms with E-state index in [0.29, 0.717) is 13.0 Å². The van der Waals surface area contributed by atoms with Gasteiger partial charge in [-0.3, -0.25) is 4.79 Å². The van der Waals surface area contributed by atoms with Gasteiger partial charge in [0.2, 0.25) is 5.91 Å². The van der Waals surface area contributed by atoms with Gasteiger partial charge in [0.1, 0.15) is 0 Å². The quantitative estimate of drug-likeness (QED) is 0.833. The number of aryl methyl sites for hydroxylation is 2. The van der Waals surface area contributed by atoms with Crippen molar-refractivity contribution in [3.05, 3.63) is 53.6 Å². The lowest BCUT2D eigenvalue weighted by Crippen LogP contribution is -2.36. The molecule has 138 valence electrons. The van der Waals surface area contributed by atoms with Crippen molar-refractivity contribution in [1.82, 2.24) is 0 Å². The van der Waals surface area contributed by atoms with Crippen LogP contribution in [0.4, 0.5) is 17.1 Å². The van der Waals surface area contributed by atoms with Gasteiger partial charge in [0.25, 0.3) is 0 Å². The Kier molecular flexibility index (Phi) is 6.12. The van der Waals surface area contributed by atoms with Gasteiger partial charge in [0.05, 0.1) is 24.6 Å². The minimum atomic E-state index is 0.0198. The van der Waals surface area contributed by atoms with E-state index in [1.807, 2.05) is 38.1 Å². The second-order valence-corrected chi connectivity index (χ2v) is 6.72. The number of anilines is 3. The molecular formula is C21H27N3O2. The molecule has 1 fully saturated rings. The van der Waals surface area contributed by atoms with Crippen LogP contribution in [0, 0.1) is 13.8 Å². The first kappa shape index (κ1) is 18.3. The molecule has 1 heterocycles. The summed E-state index contributed by atoms with van der Waals surface area (Å²) in [7, 11) is 0. The number of carbonyl (C=O) groups excluding carboxylic acids is 1. The van der Waals surface area contributed by atoms with Crippen molar-refractivity contribution < 1.29 is 9.53 Å². The standard InChI is InChI=1S/C21H27N3O2/c1-16-13-17(2)15-18(14-16)23-21(25)7-8-22-19-5-3-4-6-20(19)24-9-11-26-12-10-24/h3-6,13-15,22H,7-12H2,1-2H3,(H,23,25). The fourth-order valence-corrected chi connectivity index (χ4v) is 3.28. The van der Waals surface area contributed by atoms with Crippen LogP contribution in [-0.4, -0.2) is 38.8 Å². The third kappa shape index (κ3) is 4.99.